The molecular formula is C24H20ClN3O2S. The number of hydrogen-bond acceptors (Lipinski definition) is 6. The number of methoxy groups -OCH3 is 1. The van der Waals surface area contributed by atoms with Crippen molar-refractivity contribution in [2.45, 2.75) is 6.61 Å². The Kier molecular flexibility index (Phi) is 6.82. The molecule has 1 aromatic heterocycles. The first-order valence-electron chi connectivity index (χ1n) is 9.57. The lowest BCUT2D eigenvalue weighted by atomic mass is 10.2. The van der Waals surface area contributed by atoms with Gasteiger partial charge in [-0.25, -0.2) is 4.98 Å². The number of halogens is 1. The summed E-state index contributed by atoms with van der Waals surface area (Å²) in [5, 5.41) is 7.69. The summed E-state index contributed by atoms with van der Waals surface area (Å²) in [6.45, 7) is 0.344. The van der Waals surface area contributed by atoms with Crippen LogP contribution >= 0.6 is 22.9 Å². The predicted octanol–water partition coefficient (Wildman–Crippen LogP) is 6.50. The average molecular weight is 450 g/mol. The maximum absolute atomic E-state index is 6.22. The van der Waals surface area contributed by atoms with Crippen molar-refractivity contribution in [3.8, 4) is 22.8 Å². The van der Waals surface area contributed by atoms with Gasteiger partial charge in [0.2, 0.25) is 5.13 Å². The van der Waals surface area contributed by atoms with E-state index in [-0.39, 0.29) is 0 Å². The van der Waals surface area contributed by atoms with Crippen LogP contribution in [0.1, 0.15) is 11.1 Å². The molecule has 1 N–H and O–H groups in total. The molecule has 0 fully saturated rings. The zero-order valence-corrected chi connectivity index (χ0v) is 18.4. The van der Waals surface area contributed by atoms with Crippen molar-refractivity contribution < 1.29 is 9.47 Å². The van der Waals surface area contributed by atoms with E-state index in [1.807, 2.05) is 78.2 Å². The fourth-order valence-corrected chi connectivity index (χ4v) is 3.74. The molecule has 0 aliphatic rings. The fraction of sp³-hybridized carbons (Fsp3) is 0.0833. The molecule has 0 aliphatic carbocycles. The second-order valence-corrected chi connectivity index (χ2v) is 7.83. The summed E-state index contributed by atoms with van der Waals surface area (Å²) in [6, 6.07) is 23.3. The van der Waals surface area contributed by atoms with Crippen LogP contribution in [0.15, 0.2) is 83.3 Å². The zero-order valence-electron chi connectivity index (χ0n) is 16.8. The number of aromatic nitrogens is 1. The first kappa shape index (κ1) is 20.9. The molecule has 0 aliphatic heterocycles. The highest BCUT2D eigenvalue weighted by Crippen LogP contribution is 2.29. The molecule has 1 heterocycles. The largest absolute Gasteiger partial charge is 0.493 e. The van der Waals surface area contributed by atoms with Gasteiger partial charge in [0.15, 0.2) is 11.5 Å². The number of anilines is 1. The third-order valence-corrected chi connectivity index (χ3v) is 5.59. The molecule has 4 aromatic rings. The van der Waals surface area contributed by atoms with E-state index >= 15 is 0 Å². The normalized spacial score (nSPS) is 10.9. The molecule has 0 saturated carbocycles. The van der Waals surface area contributed by atoms with Gasteiger partial charge in [0.25, 0.3) is 0 Å². The highest BCUT2D eigenvalue weighted by molar-refractivity contribution is 7.14. The SMILES string of the molecule is COc1ccc(C=NNc2nc(-c3ccccc3)cs2)cc1OCc1ccccc1Cl. The second kappa shape index (κ2) is 10.1. The van der Waals surface area contributed by atoms with Crippen LogP contribution in [0.3, 0.4) is 0 Å². The van der Waals surface area contributed by atoms with Gasteiger partial charge in [0.1, 0.15) is 6.61 Å². The molecule has 0 saturated heterocycles. The molecule has 7 heteroatoms. The number of rotatable bonds is 8. The Morgan fingerprint density at radius 1 is 1.03 bits per heavy atom. The Balaban J connectivity index is 1.42. The molecular weight excluding hydrogens is 430 g/mol. The van der Waals surface area contributed by atoms with Gasteiger partial charge in [-0.15, -0.1) is 11.3 Å². The number of nitrogens with one attached hydrogen (secondary N) is 1. The van der Waals surface area contributed by atoms with E-state index < -0.39 is 0 Å². The third kappa shape index (κ3) is 5.42. The summed E-state index contributed by atoms with van der Waals surface area (Å²) < 4.78 is 11.4. The van der Waals surface area contributed by atoms with Crippen molar-refractivity contribution in [3.63, 3.8) is 0 Å². The van der Waals surface area contributed by atoms with Crippen molar-refractivity contribution >= 4 is 34.3 Å². The highest BCUT2D eigenvalue weighted by atomic mass is 35.5. The Morgan fingerprint density at radius 3 is 2.65 bits per heavy atom. The van der Waals surface area contributed by atoms with Gasteiger partial charge in [-0.1, -0.05) is 60.1 Å². The molecule has 0 spiro atoms. The minimum absolute atomic E-state index is 0.344. The highest BCUT2D eigenvalue weighted by Gasteiger charge is 2.08. The minimum atomic E-state index is 0.344. The molecule has 0 atom stereocenters. The average Bonchev–Trinajstić information content (AvgIpc) is 3.28. The number of ether oxygens (including phenoxy) is 2. The van der Waals surface area contributed by atoms with Crippen LogP contribution < -0.4 is 14.9 Å². The first-order valence-corrected chi connectivity index (χ1v) is 10.8. The molecule has 0 unspecified atom stereocenters. The standard InChI is InChI=1S/C24H20ClN3O2S/c1-29-22-12-11-17(13-23(22)30-15-19-9-5-6-10-20(19)25)14-26-28-24-27-21(16-31-24)18-7-3-2-4-8-18/h2-14,16H,15H2,1H3,(H,27,28). The lowest BCUT2D eigenvalue weighted by Gasteiger charge is -2.12. The predicted molar refractivity (Wildman–Crippen MR) is 128 cm³/mol. The van der Waals surface area contributed by atoms with Crippen molar-refractivity contribution in [2.75, 3.05) is 12.5 Å². The molecule has 156 valence electrons. The second-order valence-electron chi connectivity index (χ2n) is 6.56. The molecule has 4 rings (SSSR count). The van der Waals surface area contributed by atoms with Gasteiger partial charge < -0.3 is 9.47 Å². The Hall–Kier alpha value is -3.35. The van der Waals surface area contributed by atoms with E-state index in [1.165, 1.54) is 11.3 Å². The monoisotopic (exact) mass is 449 g/mol. The van der Waals surface area contributed by atoms with E-state index in [1.54, 1.807) is 13.3 Å². The van der Waals surface area contributed by atoms with Gasteiger partial charge in [0, 0.05) is 21.5 Å². The van der Waals surface area contributed by atoms with Gasteiger partial charge in [0.05, 0.1) is 19.0 Å². The molecule has 0 amide bonds. The minimum Gasteiger partial charge on any atom is -0.493 e. The number of thiazole rings is 1. The maximum Gasteiger partial charge on any atom is 0.203 e. The zero-order chi connectivity index (χ0) is 21.5. The van der Waals surface area contributed by atoms with Gasteiger partial charge >= 0.3 is 0 Å². The van der Waals surface area contributed by atoms with Crippen LogP contribution in [0.25, 0.3) is 11.3 Å². The number of nitrogens with zero attached hydrogens (tertiary/aromatic N) is 2. The quantitative estimate of drug-likeness (QED) is 0.246. The lowest BCUT2D eigenvalue weighted by Crippen LogP contribution is -1.99. The number of hydrogen-bond donors (Lipinski definition) is 1. The van der Waals surface area contributed by atoms with Crippen molar-refractivity contribution in [3.05, 3.63) is 94.3 Å². The molecule has 5 nitrogen and oxygen atoms in total. The van der Waals surface area contributed by atoms with E-state index in [0.29, 0.717) is 23.1 Å². The molecule has 0 radical (unpaired) electrons. The van der Waals surface area contributed by atoms with Crippen LogP contribution in [0.5, 0.6) is 11.5 Å². The number of hydrazone groups is 1. The van der Waals surface area contributed by atoms with Crippen LogP contribution in [0.4, 0.5) is 5.13 Å². The Labute approximate surface area is 190 Å². The summed E-state index contributed by atoms with van der Waals surface area (Å²) in [5.41, 5.74) is 6.75. The summed E-state index contributed by atoms with van der Waals surface area (Å²) in [7, 11) is 1.61. The van der Waals surface area contributed by atoms with Crippen LogP contribution in [-0.2, 0) is 6.61 Å². The summed E-state index contributed by atoms with van der Waals surface area (Å²) in [6.07, 6.45) is 1.71. The van der Waals surface area contributed by atoms with Crippen molar-refractivity contribution in [1.82, 2.24) is 4.98 Å². The van der Waals surface area contributed by atoms with Gasteiger partial charge in [-0.2, -0.15) is 5.10 Å². The molecule has 31 heavy (non-hydrogen) atoms. The van der Waals surface area contributed by atoms with Crippen LogP contribution in [-0.4, -0.2) is 18.3 Å². The topological polar surface area (TPSA) is 55.7 Å². The fourth-order valence-electron chi connectivity index (χ4n) is 2.89. The number of benzene rings is 3. The van der Waals surface area contributed by atoms with E-state index in [0.717, 1.165) is 27.5 Å². The van der Waals surface area contributed by atoms with Gasteiger partial charge in [-0.3, -0.25) is 5.43 Å². The summed E-state index contributed by atoms with van der Waals surface area (Å²) in [5.74, 6) is 1.26. The third-order valence-electron chi connectivity index (χ3n) is 4.48. The Morgan fingerprint density at radius 2 is 1.84 bits per heavy atom. The summed E-state index contributed by atoms with van der Waals surface area (Å²) >= 11 is 7.72. The smallest absolute Gasteiger partial charge is 0.203 e. The van der Waals surface area contributed by atoms with Crippen LogP contribution in [0, 0.1) is 0 Å². The first-order chi connectivity index (χ1) is 15.2. The van der Waals surface area contributed by atoms with E-state index in [2.05, 4.69) is 15.5 Å². The maximum atomic E-state index is 6.22. The lowest BCUT2D eigenvalue weighted by molar-refractivity contribution is 0.284. The van der Waals surface area contributed by atoms with Crippen molar-refractivity contribution in [1.29, 1.82) is 0 Å². The van der Waals surface area contributed by atoms with Gasteiger partial charge in [-0.05, 0) is 29.8 Å². The molecule has 3 aromatic carbocycles. The molecule has 0 bridgehead atoms. The van der Waals surface area contributed by atoms with E-state index in [9.17, 15) is 0 Å². The Bertz CT molecular complexity index is 1180. The van der Waals surface area contributed by atoms with E-state index in [4.69, 9.17) is 21.1 Å². The van der Waals surface area contributed by atoms with Crippen molar-refractivity contribution in [2.24, 2.45) is 5.10 Å². The van der Waals surface area contributed by atoms with Crippen LogP contribution in [0.2, 0.25) is 5.02 Å². The summed E-state index contributed by atoms with van der Waals surface area (Å²) in [4.78, 5) is 4.56.